The molecule has 0 saturated heterocycles. The first-order chi connectivity index (χ1) is 15.0. The van der Waals surface area contributed by atoms with Crippen LogP contribution in [0.4, 0.5) is 4.39 Å². The summed E-state index contributed by atoms with van der Waals surface area (Å²) in [6.07, 6.45) is 6.28. The number of halogens is 3. The molecular weight excluding hydrogens is 438 g/mol. The standard InChI is InChI=1S/C24H27Cl2FN2O2/c25-15-22(30)29(16-18-7-5-6-10-21(18)26)23(17-11-13-19(27)14-12-17)24(31)28-20-8-3-1-2-4-9-20/h5-7,10-14,20,23H,1-4,8-9,15-16H2,(H,28,31). The van der Waals surface area contributed by atoms with Crippen LogP contribution < -0.4 is 5.32 Å². The van der Waals surface area contributed by atoms with Crippen molar-refractivity contribution in [2.75, 3.05) is 5.88 Å². The highest BCUT2D eigenvalue weighted by molar-refractivity contribution is 6.31. The van der Waals surface area contributed by atoms with E-state index in [1.165, 1.54) is 29.2 Å². The van der Waals surface area contributed by atoms with Gasteiger partial charge in [-0.3, -0.25) is 9.59 Å². The number of carbonyl (C=O) groups is 2. The van der Waals surface area contributed by atoms with E-state index in [-0.39, 0.29) is 24.4 Å². The molecule has 2 aromatic rings. The molecule has 166 valence electrons. The first-order valence-electron chi connectivity index (χ1n) is 10.6. The molecule has 0 aromatic heterocycles. The Morgan fingerprint density at radius 3 is 2.29 bits per heavy atom. The quantitative estimate of drug-likeness (QED) is 0.426. The minimum absolute atomic E-state index is 0.0613. The maximum atomic E-state index is 13.6. The third-order valence-electron chi connectivity index (χ3n) is 5.68. The average Bonchev–Trinajstić information content (AvgIpc) is 3.04. The third-order valence-corrected chi connectivity index (χ3v) is 6.28. The van der Waals surface area contributed by atoms with Gasteiger partial charge in [-0.05, 0) is 42.2 Å². The van der Waals surface area contributed by atoms with Gasteiger partial charge >= 0.3 is 0 Å². The zero-order valence-electron chi connectivity index (χ0n) is 17.3. The molecule has 1 saturated carbocycles. The first-order valence-corrected chi connectivity index (χ1v) is 11.6. The minimum Gasteiger partial charge on any atom is -0.351 e. The molecule has 0 bridgehead atoms. The Kier molecular flexibility index (Phi) is 8.73. The van der Waals surface area contributed by atoms with E-state index in [4.69, 9.17) is 23.2 Å². The van der Waals surface area contributed by atoms with Crippen LogP contribution >= 0.6 is 23.2 Å². The number of nitrogens with zero attached hydrogens (tertiary/aromatic N) is 1. The predicted molar refractivity (Wildman–Crippen MR) is 121 cm³/mol. The van der Waals surface area contributed by atoms with E-state index in [1.807, 2.05) is 12.1 Å². The zero-order chi connectivity index (χ0) is 22.2. The molecule has 7 heteroatoms. The van der Waals surface area contributed by atoms with Gasteiger partial charge in [-0.2, -0.15) is 0 Å². The summed E-state index contributed by atoms with van der Waals surface area (Å²) in [5.41, 5.74) is 1.23. The molecule has 0 radical (unpaired) electrons. The third kappa shape index (κ3) is 6.44. The normalized spacial score (nSPS) is 15.7. The molecule has 1 aliphatic carbocycles. The van der Waals surface area contributed by atoms with Crippen molar-refractivity contribution < 1.29 is 14.0 Å². The lowest BCUT2D eigenvalue weighted by atomic mass is 10.0. The summed E-state index contributed by atoms with van der Waals surface area (Å²) in [4.78, 5) is 27.8. The molecule has 0 spiro atoms. The van der Waals surface area contributed by atoms with Crippen LogP contribution in [0.1, 0.15) is 55.7 Å². The van der Waals surface area contributed by atoms with Crippen LogP contribution in [0.3, 0.4) is 0 Å². The SMILES string of the molecule is O=C(NC1CCCCCC1)C(c1ccc(F)cc1)N(Cc1ccccc1Cl)C(=O)CCl. The second kappa shape index (κ2) is 11.5. The van der Waals surface area contributed by atoms with E-state index in [1.54, 1.807) is 12.1 Å². The molecule has 3 rings (SSSR count). The Morgan fingerprint density at radius 2 is 1.68 bits per heavy atom. The number of carbonyl (C=O) groups excluding carboxylic acids is 2. The van der Waals surface area contributed by atoms with Gasteiger partial charge in [-0.15, -0.1) is 11.6 Å². The molecule has 1 fully saturated rings. The van der Waals surface area contributed by atoms with E-state index in [0.717, 1.165) is 38.5 Å². The zero-order valence-corrected chi connectivity index (χ0v) is 18.8. The van der Waals surface area contributed by atoms with Crippen LogP contribution in [0.2, 0.25) is 5.02 Å². The van der Waals surface area contributed by atoms with Crippen molar-refractivity contribution in [2.45, 2.75) is 57.2 Å². The van der Waals surface area contributed by atoms with Gasteiger partial charge in [0.05, 0.1) is 0 Å². The topological polar surface area (TPSA) is 49.4 Å². The Hall–Kier alpha value is -2.11. The lowest BCUT2D eigenvalue weighted by Crippen LogP contribution is -2.46. The van der Waals surface area contributed by atoms with E-state index < -0.39 is 17.8 Å². The summed E-state index contributed by atoms with van der Waals surface area (Å²) in [6.45, 7) is 0.116. The summed E-state index contributed by atoms with van der Waals surface area (Å²) < 4.78 is 13.6. The van der Waals surface area contributed by atoms with Gasteiger partial charge < -0.3 is 10.2 Å². The molecule has 4 nitrogen and oxygen atoms in total. The Morgan fingerprint density at radius 1 is 1.03 bits per heavy atom. The van der Waals surface area contributed by atoms with Crippen molar-refractivity contribution in [1.82, 2.24) is 10.2 Å². The highest BCUT2D eigenvalue weighted by Crippen LogP contribution is 2.28. The maximum absolute atomic E-state index is 13.6. The average molecular weight is 465 g/mol. The van der Waals surface area contributed by atoms with Crippen LogP contribution in [-0.2, 0) is 16.1 Å². The van der Waals surface area contributed by atoms with Crippen LogP contribution in [0.5, 0.6) is 0 Å². The van der Waals surface area contributed by atoms with Gasteiger partial charge in [-0.25, -0.2) is 4.39 Å². The summed E-state index contributed by atoms with van der Waals surface area (Å²) in [6, 6.07) is 11.9. The molecule has 1 aliphatic rings. The summed E-state index contributed by atoms with van der Waals surface area (Å²) >= 11 is 12.2. The number of rotatable bonds is 7. The second-order valence-electron chi connectivity index (χ2n) is 7.90. The molecule has 2 aromatic carbocycles. The predicted octanol–water partition coefficient (Wildman–Crippen LogP) is 5.63. The van der Waals surface area contributed by atoms with E-state index in [9.17, 15) is 14.0 Å². The molecular formula is C24H27Cl2FN2O2. The number of nitrogens with one attached hydrogen (secondary N) is 1. The smallest absolute Gasteiger partial charge is 0.247 e. The number of benzene rings is 2. The Balaban J connectivity index is 1.94. The molecule has 0 heterocycles. The first kappa shape index (κ1) is 23.6. The van der Waals surface area contributed by atoms with Crippen molar-refractivity contribution in [3.8, 4) is 0 Å². The molecule has 1 atom stereocenters. The molecule has 2 amide bonds. The van der Waals surface area contributed by atoms with Crippen molar-refractivity contribution in [3.63, 3.8) is 0 Å². The summed E-state index contributed by atoms with van der Waals surface area (Å²) in [5.74, 6) is -1.37. The van der Waals surface area contributed by atoms with Gasteiger partial charge in [0.1, 0.15) is 17.7 Å². The van der Waals surface area contributed by atoms with Crippen LogP contribution in [0, 0.1) is 5.82 Å². The van der Waals surface area contributed by atoms with Gasteiger partial charge in [0.15, 0.2) is 0 Å². The van der Waals surface area contributed by atoms with Gasteiger partial charge in [0, 0.05) is 17.6 Å². The number of hydrogen-bond donors (Lipinski definition) is 1. The second-order valence-corrected chi connectivity index (χ2v) is 8.57. The van der Waals surface area contributed by atoms with Crippen LogP contribution in [0.15, 0.2) is 48.5 Å². The van der Waals surface area contributed by atoms with Gasteiger partial charge in [0.2, 0.25) is 11.8 Å². The van der Waals surface area contributed by atoms with Gasteiger partial charge in [-0.1, -0.05) is 67.6 Å². The summed E-state index contributed by atoms with van der Waals surface area (Å²) in [7, 11) is 0. The number of hydrogen-bond acceptors (Lipinski definition) is 2. The van der Waals surface area contributed by atoms with Crippen LogP contribution in [0.25, 0.3) is 0 Å². The van der Waals surface area contributed by atoms with Crippen molar-refractivity contribution >= 4 is 35.0 Å². The van der Waals surface area contributed by atoms with E-state index in [2.05, 4.69) is 5.32 Å². The fourth-order valence-electron chi connectivity index (χ4n) is 4.03. The van der Waals surface area contributed by atoms with E-state index in [0.29, 0.717) is 16.1 Å². The molecule has 1 N–H and O–H groups in total. The van der Waals surface area contributed by atoms with E-state index >= 15 is 0 Å². The lowest BCUT2D eigenvalue weighted by molar-refractivity contribution is -0.140. The van der Waals surface area contributed by atoms with Crippen molar-refractivity contribution in [2.24, 2.45) is 0 Å². The lowest BCUT2D eigenvalue weighted by Gasteiger charge is -2.32. The molecule has 31 heavy (non-hydrogen) atoms. The fourth-order valence-corrected chi connectivity index (χ4v) is 4.38. The highest BCUT2D eigenvalue weighted by atomic mass is 35.5. The Labute approximate surface area is 192 Å². The van der Waals surface area contributed by atoms with Gasteiger partial charge in [0.25, 0.3) is 0 Å². The maximum Gasteiger partial charge on any atom is 0.247 e. The minimum atomic E-state index is -0.939. The van der Waals surface area contributed by atoms with Crippen molar-refractivity contribution in [1.29, 1.82) is 0 Å². The van der Waals surface area contributed by atoms with Crippen molar-refractivity contribution in [3.05, 3.63) is 70.5 Å². The fraction of sp³-hybridized carbons (Fsp3) is 0.417. The Bertz CT molecular complexity index is 883. The monoisotopic (exact) mass is 464 g/mol. The molecule has 1 unspecified atom stereocenters. The largest absolute Gasteiger partial charge is 0.351 e. The number of alkyl halides is 1. The van der Waals surface area contributed by atoms with Crippen LogP contribution in [-0.4, -0.2) is 28.6 Å². The summed E-state index contributed by atoms with van der Waals surface area (Å²) in [5, 5.41) is 3.63. The molecule has 0 aliphatic heterocycles. The highest BCUT2D eigenvalue weighted by Gasteiger charge is 2.32. The number of amides is 2.